The van der Waals surface area contributed by atoms with Gasteiger partial charge in [-0.15, -0.1) is 0 Å². The van der Waals surface area contributed by atoms with Crippen molar-refractivity contribution in [2.24, 2.45) is 0 Å². The second-order valence-corrected chi connectivity index (χ2v) is 11.3. The number of H-pyrrole nitrogens is 1. The van der Waals surface area contributed by atoms with E-state index in [0.717, 1.165) is 33.3 Å². The summed E-state index contributed by atoms with van der Waals surface area (Å²) < 4.78 is 5.69. The highest BCUT2D eigenvalue weighted by Gasteiger charge is 2.51. The van der Waals surface area contributed by atoms with E-state index in [-0.39, 0.29) is 44.0 Å². The standard InChI is InChI=1S/C34H35N5O5/c1-22(40)38-20-29-31-26(25-15-9-10-16-27(25)36-31)17-28(32(41)35-2)39(29)33(42)30(38)19-37(18-23-11-5-3-6-12-23)34(43)44-21-24-13-7-4-8-14-24/h3-16,28-30,36H,17-21H2,1-2H3,(H,35,41)/t28-,29+,30+/m0/s1. The number of carbonyl (C=O) groups excluding carboxylic acids is 4. The Morgan fingerprint density at radius 1 is 0.955 bits per heavy atom. The number of nitrogens with zero attached hydrogens (tertiary/aromatic N) is 3. The number of hydrogen-bond donors (Lipinski definition) is 2. The van der Waals surface area contributed by atoms with Crippen molar-refractivity contribution in [2.45, 2.75) is 44.6 Å². The van der Waals surface area contributed by atoms with E-state index in [1.54, 1.807) is 11.9 Å². The number of aromatic amines is 1. The summed E-state index contributed by atoms with van der Waals surface area (Å²) in [5, 5.41) is 3.72. The molecule has 1 aromatic heterocycles. The van der Waals surface area contributed by atoms with Crippen molar-refractivity contribution in [1.82, 2.24) is 25.0 Å². The normalized spacial score (nSPS) is 19.2. The third-order valence-electron chi connectivity index (χ3n) is 8.56. The number of fused-ring (bicyclic) bond motifs is 5. The Balaban J connectivity index is 1.34. The lowest BCUT2D eigenvalue weighted by Gasteiger charge is -2.50. The number of piperazine rings is 1. The molecule has 1 fully saturated rings. The van der Waals surface area contributed by atoms with Crippen LogP contribution in [-0.2, 0) is 38.7 Å². The van der Waals surface area contributed by atoms with E-state index in [9.17, 15) is 19.2 Å². The molecule has 0 aliphatic carbocycles. The van der Waals surface area contributed by atoms with E-state index in [1.165, 1.54) is 16.7 Å². The van der Waals surface area contributed by atoms with Gasteiger partial charge < -0.3 is 29.7 Å². The van der Waals surface area contributed by atoms with E-state index in [4.69, 9.17) is 4.74 Å². The van der Waals surface area contributed by atoms with Crippen LogP contribution in [0, 0.1) is 0 Å². The monoisotopic (exact) mass is 593 g/mol. The fourth-order valence-corrected chi connectivity index (χ4v) is 6.42. The Kier molecular flexibility index (Phi) is 8.06. The molecule has 4 aromatic rings. The molecular weight excluding hydrogens is 558 g/mol. The quantitative estimate of drug-likeness (QED) is 0.339. The van der Waals surface area contributed by atoms with Gasteiger partial charge in [0.2, 0.25) is 17.7 Å². The lowest BCUT2D eigenvalue weighted by Crippen LogP contribution is -2.67. The lowest BCUT2D eigenvalue weighted by molar-refractivity contribution is -0.162. The molecule has 0 saturated carbocycles. The van der Waals surface area contributed by atoms with Crippen LogP contribution >= 0.6 is 0 Å². The second-order valence-electron chi connectivity index (χ2n) is 11.3. The molecular formula is C34H35N5O5. The number of hydrogen-bond acceptors (Lipinski definition) is 5. The van der Waals surface area contributed by atoms with Crippen LogP contribution in [0.15, 0.2) is 84.9 Å². The lowest BCUT2D eigenvalue weighted by atomic mass is 9.87. The number of ether oxygens (including phenoxy) is 1. The van der Waals surface area contributed by atoms with Gasteiger partial charge in [-0.05, 0) is 22.8 Å². The van der Waals surface area contributed by atoms with Crippen LogP contribution in [0.25, 0.3) is 10.9 Å². The summed E-state index contributed by atoms with van der Waals surface area (Å²) in [7, 11) is 1.56. The molecule has 4 amide bonds. The number of likely N-dealkylation sites (N-methyl/N-ethyl adjacent to an activating group) is 1. The molecule has 10 heteroatoms. The van der Waals surface area contributed by atoms with Crippen molar-refractivity contribution in [1.29, 1.82) is 0 Å². The van der Waals surface area contributed by atoms with E-state index in [0.29, 0.717) is 6.42 Å². The van der Waals surface area contributed by atoms with Crippen molar-refractivity contribution in [3.8, 4) is 0 Å². The molecule has 0 bridgehead atoms. The first-order valence-corrected chi connectivity index (χ1v) is 14.8. The summed E-state index contributed by atoms with van der Waals surface area (Å²) in [5.74, 6) is -0.957. The third kappa shape index (κ3) is 5.50. The van der Waals surface area contributed by atoms with Gasteiger partial charge in [-0.3, -0.25) is 14.4 Å². The average molecular weight is 594 g/mol. The van der Waals surface area contributed by atoms with Gasteiger partial charge >= 0.3 is 6.09 Å². The molecule has 2 N–H and O–H groups in total. The summed E-state index contributed by atoms with van der Waals surface area (Å²) >= 11 is 0. The fraction of sp³-hybridized carbons (Fsp3) is 0.294. The van der Waals surface area contributed by atoms with Gasteiger partial charge in [0.25, 0.3) is 0 Å². The molecule has 0 spiro atoms. The zero-order valence-corrected chi connectivity index (χ0v) is 24.7. The molecule has 0 radical (unpaired) electrons. The molecule has 1 saturated heterocycles. The predicted octanol–water partition coefficient (Wildman–Crippen LogP) is 3.78. The highest BCUT2D eigenvalue weighted by atomic mass is 16.6. The summed E-state index contributed by atoms with van der Waals surface area (Å²) in [6, 6.07) is 24.3. The summed E-state index contributed by atoms with van der Waals surface area (Å²) in [6.07, 6.45) is -0.267. The van der Waals surface area contributed by atoms with Gasteiger partial charge in [0.1, 0.15) is 18.7 Å². The smallest absolute Gasteiger partial charge is 0.410 e. The van der Waals surface area contributed by atoms with E-state index in [1.807, 2.05) is 84.9 Å². The summed E-state index contributed by atoms with van der Waals surface area (Å²) in [5.41, 5.74) is 4.39. The zero-order valence-electron chi connectivity index (χ0n) is 24.7. The molecule has 2 aliphatic rings. The third-order valence-corrected chi connectivity index (χ3v) is 8.56. The van der Waals surface area contributed by atoms with E-state index >= 15 is 0 Å². The number of rotatable bonds is 7. The van der Waals surface area contributed by atoms with Gasteiger partial charge in [-0.2, -0.15) is 0 Å². The molecule has 2 aliphatic heterocycles. The van der Waals surface area contributed by atoms with Crippen molar-refractivity contribution >= 4 is 34.7 Å². The van der Waals surface area contributed by atoms with Crippen LogP contribution in [0.2, 0.25) is 0 Å². The number of aromatic nitrogens is 1. The van der Waals surface area contributed by atoms with Crippen molar-refractivity contribution < 1.29 is 23.9 Å². The van der Waals surface area contributed by atoms with Gasteiger partial charge in [0, 0.05) is 50.1 Å². The minimum Gasteiger partial charge on any atom is -0.445 e. The Labute approximate surface area is 255 Å². The summed E-state index contributed by atoms with van der Waals surface area (Å²) in [6.45, 7) is 1.76. The van der Waals surface area contributed by atoms with E-state index < -0.39 is 24.2 Å². The number of carbonyl (C=O) groups is 4. The maximum absolute atomic E-state index is 14.5. The summed E-state index contributed by atoms with van der Waals surface area (Å²) in [4.78, 5) is 62.5. The topological polar surface area (TPSA) is 115 Å². The van der Waals surface area contributed by atoms with Crippen LogP contribution in [0.5, 0.6) is 0 Å². The number of amides is 4. The number of benzene rings is 3. The van der Waals surface area contributed by atoms with Crippen molar-refractivity contribution in [3.05, 3.63) is 107 Å². The molecule has 44 heavy (non-hydrogen) atoms. The Morgan fingerprint density at radius 2 is 1.61 bits per heavy atom. The van der Waals surface area contributed by atoms with Crippen molar-refractivity contribution in [2.75, 3.05) is 20.1 Å². The molecule has 226 valence electrons. The fourth-order valence-electron chi connectivity index (χ4n) is 6.42. The van der Waals surface area contributed by atoms with Crippen LogP contribution in [0.3, 0.4) is 0 Å². The average Bonchev–Trinajstić information content (AvgIpc) is 3.43. The van der Waals surface area contributed by atoms with Crippen molar-refractivity contribution in [3.63, 3.8) is 0 Å². The van der Waals surface area contributed by atoms with Crippen LogP contribution in [0.4, 0.5) is 4.79 Å². The Morgan fingerprint density at radius 3 is 2.30 bits per heavy atom. The zero-order chi connectivity index (χ0) is 30.8. The molecule has 3 atom stereocenters. The number of nitrogens with one attached hydrogen (secondary N) is 2. The highest BCUT2D eigenvalue weighted by molar-refractivity contribution is 5.96. The van der Waals surface area contributed by atoms with Gasteiger partial charge in [0.15, 0.2) is 0 Å². The first-order chi connectivity index (χ1) is 21.4. The minimum atomic E-state index is -1.00. The van der Waals surface area contributed by atoms with Gasteiger partial charge in [-0.1, -0.05) is 78.9 Å². The molecule has 3 aromatic carbocycles. The van der Waals surface area contributed by atoms with Crippen LogP contribution in [0.1, 0.15) is 35.3 Å². The Bertz CT molecular complexity index is 1690. The van der Waals surface area contributed by atoms with Crippen LogP contribution < -0.4 is 5.32 Å². The molecule has 0 unspecified atom stereocenters. The minimum absolute atomic E-state index is 0.0656. The maximum Gasteiger partial charge on any atom is 0.410 e. The molecule has 6 rings (SSSR count). The van der Waals surface area contributed by atoms with Gasteiger partial charge in [-0.25, -0.2) is 4.79 Å². The largest absolute Gasteiger partial charge is 0.445 e. The second kappa shape index (κ2) is 12.2. The van der Waals surface area contributed by atoms with Gasteiger partial charge in [0.05, 0.1) is 12.6 Å². The first-order valence-electron chi connectivity index (χ1n) is 14.8. The molecule has 10 nitrogen and oxygen atoms in total. The Hall–Kier alpha value is -5.12. The predicted molar refractivity (Wildman–Crippen MR) is 164 cm³/mol. The molecule has 3 heterocycles. The maximum atomic E-state index is 14.5. The highest BCUT2D eigenvalue weighted by Crippen LogP contribution is 2.41. The van der Waals surface area contributed by atoms with E-state index in [2.05, 4.69) is 10.3 Å². The first kappa shape index (κ1) is 29.0. The van der Waals surface area contributed by atoms with Crippen LogP contribution in [-0.4, -0.2) is 75.7 Å². The SMILES string of the molecule is CNC(=O)[C@@H]1Cc2c([nH]c3ccccc23)[C@H]2CN(C(C)=O)[C@H](CN(Cc3ccccc3)C(=O)OCc3ccccc3)C(=O)N21. The number of para-hydroxylation sites is 1.